The average Bonchev–Trinajstić information content (AvgIpc) is 2.47. The van der Waals surface area contributed by atoms with E-state index in [4.69, 9.17) is 4.28 Å². The van der Waals surface area contributed by atoms with Crippen molar-refractivity contribution >= 4 is 21.6 Å². The van der Waals surface area contributed by atoms with Crippen molar-refractivity contribution in [2.45, 2.75) is 25.7 Å². The lowest BCUT2D eigenvalue weighted by Gasteiger charge is -2.14. The van der Waals surface area contributed by atoms with Crippen LogP contribution in [0, 0.1) is 5.92 Å². The molecule has 0 atom stereocenters. The quantitative estimate of drug-likeness (QED) is 0.627. The first kappa shape index (κ1) is 16.1. The van der Waals surface area contributed by atoms with Gasteiger partial charge in [0.15, 0.2) is 5.78 Å². The molecule has 0 spiro atoms. The fraction of sp³-hybridized carbons (Fsp3) is 0.267. The summed E-state index contributed by atoms with van der Waals surface area (Å²) in [5.74, 6) is -0.0847. The van der Waals surface area contributed by atoms with Gasteiger partial charge in [-0.3, -0.25) is 14.1 Å². The third-order valence-electron chi connectivity index (χ3n) is 3.11. The number of pyridine rings is 1. The summed E-state index contributed by atoms with van der Waals surface area (Å²) in [4.78, 5) is 15.5. The maximum Gasteiger partial charge on any atom is 0.360 e. The Balaban J connectivity index is 2.30. The lowest BCUT2D eigenvalue weighted by Crippen LogP contribution is -2.16. The van der Waals surface area contributed by atoms with E-state index in [1.54, 1.807) is 13.0 Å². The molecular formula is C15H16N2O4S. The van der Waals surface area contributed by atoms with E-state index in [-0.39, 0.29) is 16.6 Å². The molecule has 0 fully saturated rings. The molecule has 2 rings (SSSR count). The standard InChI is InChI=1S/C15H16N2O4S/c1-10(2)13-8-14(11(3)7-15(13)18)17-21-22(19,20)12-5-4-6-16-9-12/h4-10H,1-3H3/b17-14-. The minimum atomic E-state index is -4.03. The molecule has 0 amide bonds. The third kappa shape index (κ3) is 3.48. The fourth-order valence-corrected chi connectivity index (χ4v) is 2.56. The first-order valence-electron chi connectivity index (χ1n) is 6.67. The number of carbonyl (C=O) groups is 1. The Bertz CT molecular complexity index is 775. The highest BCUT2D eigenvalue weighted by Gasteiger charge is 2.21. The number of hydrogen-bond donors (Lipinski definition) is 0. The van der Waals surface area contributed by atoms with Gasteiger partial charge in [0.25, 0.3) is 0 Å². The number of aromatic nitrogens is 1. The summed E-state index contributed by atoms with van der Waals surface area (Å²) in [5.41, 5.74) is 1.43. The van der Waals surface area contributed by atoms with Crippen LogP contribution in [0.2, 0.25) is 0 Å². The van der Waals surface area contributed by atoms with Crippen molar-refractivity contribution in [1.82, 2.24) is 4.98 Å². The van der Waals surface area contributed by atoms with E-state index in [1.165, 1.54) is 30.6 Å². The van der Waals surface area contributed by atoms with Gasteiger partial charge in [-0.2, -0.15) is 8.42 Å². The van der Waals surface area contributed by atoms with Crippen molar-refractivity contribution in [3.05, 3.63) is 47.8 Å². The summed E-state index contributed by atoms with van der Waals surface area (Å²) in [7, 11) is -4.03. The Morgan fingerprint density at radius 3 is 2.59 bits per heavy atom. The number of oxime groups is 1. The number of hydrogen-bond acceptors (Lipinski definition) is 6. The third-order valence-corrected chi connectivity index (χ3v) is 4.20. The summed E-state index contributed by atoms with van der Waals surface area (Å²) >= 11 is 0. The molecule has 0 aliphatic heterocycles. The van der Waals surface area contributed by atoms with Crippen LogP contribution in [0.3, 0.4) is 0 Å². The van der Waals surface area contributed by atoms with Crippen LogP contribution in [0.25, 0.3) is 0 Å². The van der Waals surface area contributed by atoms with E-state index in [2.05, 4.69) is 10.1 Å². The molecule has 0 saturated carbocycles. The molecule has 0 radical (unpaired) electrons. The van der Waals surface area contributed by atoms with Crippen molar-refractivity contribution in [2.24, 2.45) is 11.1 Å². The Morgan fingerprint density at radius 2 is 2.00 bits per heavy atom. The second-order valence-corrected chi connectivity index (χ2v) is 6.67. The molecule has 1 heterocycles. The number of nitrogens with zero attached hydrogens (tertiary/aromatic N) is 2. The van der Waals surface area contributed by atoms with Crippen LogP contribution >= 0.6 is 0 Å². The summed E-state index contributed by atoms with van der Waals surface area (Å²) < 4.78 is 28.7. The molecule has 0 N–H and O–H groups in total. The van der Waals surface area contributed by atoms with Gasteiger partial charge in [0.1, 0.15) is 10.6 Å². The van der Waals surface area contributed by atoms with Crippen LogP contribution in [-0.4, -0.2) is 24.9 Å². The Kier molecular flexibility index (Phi) is 4.56. The van der Waals surface area contributed by atoms with Gasteiger partial charge in [0, 0.05) is 18.0 Å². The lowest BCUT2D eigenvalue weighted by molar-refractivity contribution is -0.111. The first-order valence-corrected chi connectivity index (χ1v) is 8.08. The summed E-state index contributed by atoms with van der Waals surface area (Å²) in [6.45, 7) is 5.43. The highest BCUT2D eigenvalue weighted by Crippen LogP contribution is 2.20. The maximum absolute atomic E-state index is 12.0. The Morgan fingerprint density at radius 1 is 1.27 bits per heavy atom. The number of ketones is 1. The van der Waals surface area contributed by atoms with E-state index in [1.807, 2.05) is 13.8 Å². The topological polar surface area (TPSA) is 85.7 Å². The molecule has 1 aliphatic carbocycles. The van der Waals surface area contributed by atoms with E-state index in [0.717, 1.165) is 0 Å². The van der Waals surface area contributed by atoms with Crippen LogP contribution in [0.4, 0.5) is 0 Å². The molecular weight excluding hydrogens is 304 g/mol. The largest absolute Gasteiger partial charge is 0.360 e. The zero-order valence-electron chi connectivity index (χ0n) is 12.5. The first-order chi connectivity index (χ1) is 10.3. The molecule has 0 aromatic carbocycles. The predicted molar refractivity (Wildman–Crippen MR) is 81.6 cm³/mol. The van der Waals surface area contributed by atoms with Crippen LogP contribution < -0.4 is 0 Å². The summed E-state index contributed by atoms with van der Waals surface area (Å²) in [6, 6.07) is 2.86. The SMILES string of the molecule is CC1=CC(=O)C(C(C)C)=C/C1=N/OS(=O)(=O)c1cccnc1. The number of allylic oxidation sites excluding steroid dienone is 4. The molecule has 7 heteroatoms. The van der Waals surface area contributed by atoms with E-state index in [0.29, 0.717) is 16.9 Å². The average molecular weight is 320 g/mol. The molecule has 116 valence electrons. The molecule has 1 aromatic heterocycles. The Labute approximate surface area is 129 Å². The van der Waals surface area contributed by atoms with Gasteiger partial charge in [-0.1, -0.05) is 19.0 Å². The van der Waals surface area contributed by atoms with E-state index < -0.39 is 10.1 Å². The fourth-order valence-electron chi connectivity index (χ4n) is 1.86. The molecule has 0 unspecified atom stereocenters. The van der Waals surface area contributed by atoms with Crippen LogP contribution in [0.15, 0.2) is 57.9 Å². The lowest BCUT2D eigenvalue weighted by atomic mass is 9.90. The molecule has 0 bridgehead atoms. The van der Waals surface area contributed by atoms with Crippen LogP contribution in [-0.2, 0) is 19.2 Å². The zero-order valence-corrected chi connectivity index (χ0v) is 13.3. The van der Waals surface area contributed by atoms with Gasteiger partial charge >= 0.3 is 10.1 Å². The number of carbonyl (C=O) groups excluding carboxylic acids is 1. The van der Waals surface area contributed by atoms with Gasteiger partial charge < -0.3 is 0 Å². The van der Waals surface area contributed by atoms with Crippen molar-refractivity contribution in [3.8, 4) is 0 Å². The molecule has 6 nitrogen and oxygen atoms in total. The smallest absolute Gasteiger partial charge is 0.290 e. The maximum atomic E-state index is 12.0. The minimum absolute atomic E-state index is 0.0111. The molecule has 22 heavy (non-hydrogen) atoms. The Hall–Kier alpha value is -2.28. The molecule has 1 aromatic rings. The van der Waals surface area contributed by atoms with Gasteiger partial charge in [-0.25, -0.2) is 0 Å². The summed E-state index contributed by atoms with van der Waals surface area (Å²) in [6.07, 6.45) is 5.62. The zero-order chi connectivity index (χ0) is 16.3. The van der Waals surface area contributed by atoms with Crippen LogP contribution in [0.1, 0.15) is 20.8 Å². The van der Waals surface area contributed by atoms with Gasteiger partial charge in [0.2, 0.25) is 0 Å². The van der Waals surface area contributed by atoms with Gasteiger partial charge in [-0.05, 0) is 42.7 Å². The summed E-state index contributed by atoms with van der Waals surface area (Å²) in [5, 5.41) is 3.68. The minimum Gasteiger partial charge on any atom is -0.290 e. The number of rotatable bonds is 4. The van der Waals surface area contributed by atoms with Gasteiger partial charge in [0.05, 0.1) is 0 Å². The highest BCUT2D eigenvalue weighted by molar-refractivity contribution is 7.86. The van der Waals surface area contributed by atoms with Crippen LogP contribution in [0.5, 0.6) is 0 Å². The van der Waals surface area contributed by atoms with E-state index in [9.17, 15) is 13.2 Å². The monoisotopic (exact) mass is 320 g/mol. The van der Waals surface area contributed by atoms with Crippen molar-refractivity contribution in [3.63, 3.8) is 0 Å². The van der Waals surface area contributed by atoms with Crippen molar-refractivity contribution < 1.29 is 17.5 Å². The second-order valence-electron chi connectivity index (χ2n) is 5.14. The predicted octanol–water partition coefficient (Wildman–Crippen LogP) is 2.25. The van der Waals surface area contributed by atoms with E-state index >= 15 is 0 Å². The second kappa shape index (κ2) is 6.23. The normalized spacial score (nSPS) is 17.5. The van der Waals surface area contributed by atoms with Crippen molar-refractivity contribution in [2.75, 3.05) is 0 Å². The highest BCUT2D eigenvalue weighted by atomic mass is 32.2. The van der Waals surface area contributed by atoms with Crippen molar-refractivity contribution in [1.29, 1.82) is 0 Å². The molecule has 0 saturated heterocycles. The molecule has 1 aliphatic rings. The van der Waals surface area contributed by atoms with Gasteiger partial charge in [-0.15, -0.1) is 0 Å².